The molecule has 1 unspecified atom stereocenters. The average molecular weight is 199 g/mol. The molecule has 0 saturated heterocycles. The Balaban J connectivity index is 2.50. The van der Waals surface area contributed by atoms with Crippen LogP contribution in [0.25, 0.3) is 0 Å². The van der Waals surface area contributed by atoms with Gasteiger partial charge >= 0.3 is 0 Å². The van der Waals surface area contributed by atoms with Gasteiger partial charge in [0, 0.05) is 20.0 Å². The fourth-order valence-corrected chi connectivity index (χ4v) is 0.976. The van der Waals surface area contributed by atoms with Gasteiger partial charge in [-0.05, 0) is 25.4 Å². The Kier molecular flexibility index (Phi) is 3.88. The Labute approximate surface area is 83.7 Å². The van der Waals surface area contributed by atoms with E-state index in [0.29, 0.717) is 24.7 Å². The third-order valence-electron chi connectivity index (χ3n) is 2.05. The van der Waals surface area contributed by atoms with Gasteiger partial charge in [-0.2, -0.15) is 4.98 Å². The van der Waals surface area contributed by atoms with E-state index < -0.39 is 0 Å². The number of anilines is 1. The minimum absolute atomic E-state index is 0.325. The van der Waals surface area contributed by atoms with Crippen LogP contribution in [0, 0.1) is 0 Å². The molecule has 0 amide bonds. The van der Waals surface area contributed by atoms with E-state index >= 15 is 0 Å². The predicted octanol–water partition coefficient (Wildman–Crippen LogP) is 0.839. The molecule has 0 spiro atoms. The molecule has 0 saturated carbocycles. The number of hydrogen-bond acceptors (Lipinski definition) is 5. The molecule has 1 rings (SSSR count). The van der Waals surface area contributed by atoms with E-state index in [9.17, 15) is 0 Å². The second kappa shape index (κ2) is 4.95. The SMILES string of the molecule is CCN(C)c1noc(CCC(C)O)n1. The molecule has 0 radical (unpaired) electrons. The summed E-state index contributed by atoms with van der Waals surface area (Å²) in [5.41, 5.74) is 0. The summed E-state index contributed by atoms with van der Waals surface area (Å²) in [7, 11) is 1.91. The third kappa shape index (κ3) is 2.99. The zero-order valence-corrected chi connectivity index (χ0v) is 8.90. The van der Waals surface area contributed by atoms with E-state index in [1.807, 2.05) is 18.9 Å². The third-order valence-corrected chi connectivity index (χ3v) is 2.05. The van der Waals surface area contributed by atoms with Crippen molar-refractivity contribution < 1.29 is 9.63 Å². The Morgan fingerprint density at radius 2 is 2.29 bits per heavy atom. The maximum absolute atomic E-state index is 9.08. The molecule has 1 aromatic rings. The van der Waals surface area contributed by atoms with Gasteiger partial charge in [0.25, 0.3) is 5.95 Å². The first-order valence-electron chi connectivity index (χ1n) is 4.85. The molecule has 0 aliphatic rings. The zero-order valence-electron chi connectivity index (χ0n) is 8.90. The number of nitrogens with zero attached hydrogens (tertiary/aromatic N) is 3. The molecule has 1 aromatic heterocycles. The van der Waals surface area contributed by atoms with Crippen molar-refractivity contribution in [3.8, 4) is 0 Å². The van der Waals surface area contributed by atoms with Crippen molar-refractivity contribution in [3.05, 3.63) is 5.89 Å². The average Bonchev–Trinajstić information content (AvgIpc) is 2.62. The first-order chi connectivity index (χ1) is 6.63. The molecule has 0 aromatic carbocycles. The minimum atomic E-state index is -0.325. The lowest BCUT2D eigenvalue weighted by Gasteiger charge is -2.08. The predicted molar refractivity (Wildman–Crippen MR) is 53.2 cm³/mol. The van der Waals surface area contributed by atoms with E-state index in [1.54, 1.807) is 6.92 Å². The van der Waals surface area contributed by atoms with Gasteiger partial charge in [0.15, 0.2) is 0 Å². The second-order valence-corrected chi connectivity index (χ2v) is 3.39. The number of hydrogen-bond donors (Lipinski definition) is 1. The van der Waals surface area contributed by atoms with Crippen LogP contribution in [0.2, 0.25) is 0 Å². The van der Waals surface area contributed by atoms with Gasteiger partial charge in [0.05, 0.1) is 6.10 Å². The molecule has 1 atom stereocenters. The van der Waals surface area contributed by atoms with Crippen molar-refractivity contribution in [3.63, 3.8) is 0 Å². The molecule has 0 aliphatic carbocycles. The maximum Gasteiger partial charge on any atom is 0.265 e. The number of aliphatic hydroxyl groups excluding tert-OH is 1. The van der Waals surface area contributed by atoms with Crippen LogP contribution in [-0.2, 0) is 6.42 Å². The lowest BCUT2D eigenvalue weighted by Crippen LogP contribution is -2.17. The summed E-state index contributed by atoms with van der Waals surface area (Å²) in [6, 6.07) is 0. The quantitative estimate of drug-likeness (QED) is 0.761. The summed E-state index contributed by atoms with van der Waals surface area (Å²) in [6.45, 7) is 4.61. The normalized spacial score (nSPS) is 12.9. The standard InChI is InChI=1S/C9H17N3O2/c1-4-12(3)9-10-8(14-11-9)6-5-7(2)13/h7,13H,4-6H2,1-3H3. The number of rotatable bonds is 5. The summed E-state index contributed by atoms with van der Waals surface area (Å²) < 4.78 is 5.02. The van der Waals surface area contributed by atoms with Crippen molar-refractivity contribution in [2.45, 2.75) is 32.8 Å². The summed E-state index contributed by atoms with van der Waals surface area (Å²) in [4.78, 5) is 6.09. The van der Waals surface area contributed by atoms with Crippen LogP contribution in [0.1, 0.15) is 26.2 Å². The van der Waals surface area contributed by atoms with Gasteiger partial charge in [-0.25, -0.2) is 0 Å². The van der Waals surface area contributed by atoms with E-state index in [4.69, 9.17) is 9.63 Å². The van der Waals surface area contributed by atoms with E-state index in [0.717, 1.165) is 6.54 Å². The molecule has 5 nitrogen and oxygen atoms in total. The highest BCUT2D eigenvalue weighted by molar-refractivity contribution is 5.24. The van der Waals surface area contributed by atoms with Gasteiger partial charge < -0.3 is 14.5 Å². The first-order valence-corrected chi connectivity index (χ1v) is 4.85. The van der Waals surface area contributed by atoms with Crippen molar-refractivity contribution in [2.24, 2.45) is 0 Å². The highest BCUT2D eigenvalue weighted by Gasteiger charge is 2.09. The fraction of sp³-hybridized carbons (Fsp3) is 0.778. The Morgan fingerprint density at radius 3 is 2.86 bits per heavy atom. The van der Waals surface area contributed by atoms with Crippen LogP contribution in [0.3, 0.4) is 0 Å². The second-order valence-electron chi connectivity index (χ2n) is 3.39. The van der Waals surface area contributed by atoms with Gasteiger partial charge in [0.2, 0.25) is 5.89 Å². The highest BCUT2D eigenvalue weighted by Crippen LogP contribution is 2.09. The Hall–Kier alpha value is -1.10. The summed E-state index contributed by atoms with van der Waals surface area (Å²) in [6.07, 6.45) is 0.953. The first kappa shape index (κ1) is 11.0. The number of aromatic nitrogens is 2. The van der Waals surface area contributed by atoms with Crippen LogP contribution in [0.5, 0.6) is 0 Å². The highest BCUT2D eigenvalue weighted by atomic mass is 16.5. The molecule has 5 heteroatoms. The van der Waals surface area contributed by atoms with Crippen molar-refractivity contribution in [1.82, 2.24) is 10.1 Å². The van der Waals surface area contributed by atoms with Crippen LogP contribution in [0.15, 0.2) is 4.52 Å². The van der Waals surface area contributed by atoms with E-state index in [2.05, 4.69) is 10.1 Å². The molecule has 1 heterocycles. The molecule has 1 N–H and O–H groups in total. The smallest absolute Gasteiger partial charge is 0.265 e. The van der Waals surface area contributed by atoms with Gasteiger partial charge in [-0.15, -0.1) is 0 Å². The van der Waals surface area contributed by atoms with Gasteiger partial charge in [-0.1, -0.05) is 0 Å². The number of aliphatic hydroxyl groups is 1. The minimum Gasteiger partial charge on any atom is -0.393 e. The topological polar surface area (TPSA) is 62.4 Å². The fourth-order valence-electron chi connectivity index (χ4n) is 0.976. The molecule has 0 fully saturated rings. The summed E-state index contributed by atoms with van der Waals surface area (Å²) in [5.74, 6) is 1.19. The molecule has 80 valence electrons. The summed E-state index contributed by atoms with van der Waals surface area (Å²) in [5, 5.41) is 12.9. The molecule has 14 heavy (non-hydrogen) atoms. The van der Waals surface area contributed by atoms with Crippen molar-refractivity contribution in [1.29, 1.82) is 0 Å². The van der Waals surface area contributed by atoms with Crippen LogP contribution >= 0.6 is 0 Å². The lowest BCUT2D eigenvalue weighted by atomic mass is 10.2. The van der Waals surface area contributed by atoms with E-state index in [1.165, 1.54) is 0 Å². The zero-order chi connectivity index (χ0) is 10.6. The molecule has 0 bridgehead atoms. The van der Waals surface area contributed by atoms with Gasteiger partial charge in [-0.3, -0.25) is 0 Å². The lowest BCUT2D eigenvalue weighted by molar-refractivity contribution is 0.180. The largest absolute Gasteiger partial charge is 0.393 e. The van der Waals surface area contributed by atoms with Crippen molar-refractivity contribution in [2.75, 3.05) is 18.5 Å². The van der Waals surface area contributed by atoms with Gasteiger partial charge in [0.1, 0.15) is 0 Å². The maximum atomic E-state index is 9.08. The molecule has 0 aliphatic heterocycles. The Bertz CT molecular complexity index is 273. The van der Waals surface area contributed by atoms with Crippen LogP contribution in [-0.4, -0.2) is 34.9 Å². The van der Waals surface area contributed by atoms with Crippen LogP contribution in [0.4, 0.5) is 5.95 Å². The number of aryl methyl sites for hydroxylation is 1. The molecular formula is C9H17N3O2. The summed E-state index contributed by atoms with van der Waals surface area (Å²) >= 11 is 0. The molecular weight excluding hydrogens is 182 g/mol. The van der Waals surface area contributed by atoms with Crippen molar-refractivity contribution >= 4 is 5.95 Å². The Morgan fingerprint density at radius 1 is 1.57 bits per heavy atom. The van der Waals surface area contributed by atoms with E-state index in [-0.39, 0.29) is 6.10 Å². The van der Waals surface area contributed by atoms with Crippen LogP contribution < -0.4 is 4.90 Å². The monoisotopic (exact) mass is 199 g/mol.